The van der Waals surface area contributed by atoms with E-state index in [1.54, 1.807) is 7.11 Å². The van der Waals surface area contributed by atoms with Crippen LogP contribution in [0, 0.1) is 5.92 Å². The molecule has 0 spiro atoms. The Morgan fingerprint density at radius 3 is 2.92 bits per heavy atom. The summed E-state index contributed by atoms with van der Waals surface area (Å²) in [6.45, 7) is 0.714. The SMILES string of the molecule is COCC1CC(C(N)=O)N(F)C1. The molecule has 0 saturated carbocycles. The van der Waals surface area contributed by atoms with Crippen molar-refractivity contribution in [2.75, 3.05) is 20.3 Å². The fourth-order valence-corrected chi connectivity index (χ4v) is 1.49. The minimum Gasteiger partial charge on any atom is -0.384 e. The third kappa shape index (κ3) is 1.92. The molecular weight excluding hydrogens is 163 g/mol. The minimum atomic E-state index is -0.759. The standard InChI is InChI=1S/C7H13FN2O2/c1-12-4-5-2-6(7(9)11)10(8)3-5/h5-6H,2-4H2,1H3,(H2,9,11). The highest BCUT2D eigenvalue weighted by Crippen LogP contribution is 2.23. The Hall–Kier alpha value is -0.680. The van der Waals surface area contributed by atoms with E-state index in [1.807, 2.05) is 0 Å². The number of rotatable bonds is 3. The molecule has 0 aromatic carbocycles. The second-order valence-corrected chi connectivity index (χ2v) is 3.06. The first-order chi connectivity index (χ1) is 5.65. The van der Waals surface area contributed by atoms with E-state index in [9.17, 15) is 9.28 Å². The van der Waals surface area contributed by atoms with E-state index in [0.29, 0.717) is 18.1 Å². The number of amides is 1. The highest BCUT2D eigenvalue weighted by Gasteiger charge is 2.35. The molecule has 0 bridgehead atoms. The van der Waals surface area contributed by atoms with Gasteiger partial charge in [-0.25, -0.2) is 0 Å². The lowest BCUT2D eigenvalue weighted by molar-refractivity contribution is -0.127. The highest BCUT2D eigenvalue weighted by atomic mass is 19.2. The van der Waals surface area contributed by atoms with Crippen LogP contribution in [0.1, 0.15) is 6.42 Å². The molecule has 1 heterocycles. The molecule has 1 saturated heterocycles. The van der Waals surface area contributed by atoms with Gasteiger partial charge in [-0.2, -0.15) is 0 Å². The number of nitrogens with zero attached hydrogens (tertiary/aromatic N) is 1. The molecule has 12 heavy (non-hydrogen) atoms. The van der Waals surface area contributed by atoms with E-state index in [0.717, 1.165) is 0 Å². The molecule has 4 nitrogen and oxygen atoms in total. The van der Waals surface area contributed by atoms with Crippen molar-refractivity contribution in [3.05, 3.63) is 0 Å². The van der Waals surface area contributed by atoms with Crippen LogP contribution in [-0.2, 0) is 9.53 Å². The van der Waals surface area contributed by atoms with E-state index in [2.05, 4.69) is 0 Å². The number of primary amides is 1. The van der Waals surface area contributed by atoms with Gasteiger partial charge in [0.1, 0.15) is 6.04 Å². The van der Waals surface area contributed by atoms with Gasteiger partial charge < -0.3 is 10.5 Å². The lowest BCUT2D eigenvalue weighted by Crippen LogP contribution is -2.35. The Morgan fingerprint density at radius 2 is 2.50 bits per heavy atom. The van der Waals surface area contributed by atoms with Crippen LogP contribution in [0.25, 0.3) is 0 Å². The number of carbonyl (C=O) groups excluding carboxylic acids is 1. The molecule has 0 aliphatic carbocycles. The van der Waals surface area contributed by atoms with E-state index in [4.69, 9.17) is 10.5 Å². The third-order valence-corrected chi connectivity index (χ3v) is 2.06. The Bertz CT molecular complexity index is 177. The summed E-state index contributed by atoms with van der Waals surface area (Å²) in [5.74, 6) is -0.520. The Balaban J connectivity index is 2.44. The quantitative estimate of drug-likeness (QED) is 0.600. The van der Waals surface area contributed by atoms with Crippen molar-refractivity contribution in [1.82, 2.24) is 5.12 Å². The summed E-state index contributed by atoms with van der Waals surface area (Å²) in [4.78, 5) is 10.7. The summed E-state index contributed by atoms with van der Waals surface area (Å²) in [5, 5.41) is 0.492. The first-order valence-corrected chi connectivity index (χ1v) is 3.85. The number of carbonyl (C=O) groups is 1. The maximum absolute atomic E-state index is 12.9. The normalized spacial score (nSPS) is 30.8. The average Bonchev–Trinajstić information content (AvgIpc) is 2.32. The summed E-state index contributed by atoms with van der Waals surface area (Å²) >= 11 is 0. The van der Waals surface area contributed by atoms with Gasteiger partial charge in [-0.1, -0.05) is 0 Å². The molecule has 1 aliphatic heterocycles. The number of halogens is 1. The van der Waals surface area contributed by atoms with Gasteiger partial charge in [0.05, 0.1) is 6.61 Å². The van der Waals surface area contributed by atoms with Crippen LogP contribution in [0.4, 0.5) is 4.48 Å². The van der Waals surface area contributed by atoms with Gasteiger partial charge in [-0.05, 0) is 12.3 Å². The van der Waals surface area contributed by atoms with Gasteiger partial charge in [-0.15, -0.1) is 9.60 Å². The highest BCUT2D eigenvalue weighted by molar-refractivity contribution is 5.80. The van der Waals surface area contributed by atoms with Gasteiger partial charge in [0, 0.05) is 13.7 Å². The maximum atomic E-state index is 12.9. The van der Waals surface area contributed by atoms with Gasteiger partial charge in [-0.3, -0.25) is 4.79 Å². The van der Waals surface area contributed by atoms with Gasteiger partial charge in [0.2, 0.25) is 5.91 Å². The molecule has 0 aromatic rings. The minimum absolute atomic E-state index is 0.0810. The van der Waals surface area contributed by atoms with Crippen LogP contribution < -0.4 is 5.73 Å². The lowest BCUT2D eigenvalue weighted by atomic mass is 10.1. The van der Waals surface area contributed by atoms with Crippen LogP contribution in [0.5, 0.6) is 0 Å². The predicted octanol–water partition coefficient (Wildman–Crippen LogP) is -0.307. The maximum Gasteiger partial charge on any atom is 0.237 e. The average molecular weight is 176 g/mol. The molecule has 1 amide bonds. The molecule has 1 rings (SSSR count). The van der Waals surface area contributed by atoms with Gasteiger partial charge in [0.15, 0.2) is 0 Å². The van der Waals surface area contributed by atoms with Crippen molar-refractivity contribution in [3.63, 3.8) is 0 Å². The molecule has 0 aromatic heterocycles. The molecule has 1 aliphatic rings. The monoisotopic (exact) mass is 176 g/mol. The second-order valence-electron chi connectivity index (χ2n) is 3.06. The smallest absolute Gasteiger partial charge is 0.237 e. The van der Waals surface area contributed by atoms with E-state index < -0.39 is 11.9 Å². The number of nitrogens with two attached hydrogens (primary N) is 1. The topological polar surface area (TPSA) is 55.6 Å². The molecule has 2 unspecified atom stereocenters. The first kappa shape index (κ1) is 9.41. The molecular formula is C7H13FN2O2. The molecule has 1 fully saturated rings. The van der Waals surface area contributed by atoms with Crippen LogP contribution in [0.2, 0.25) is 0 Å². The number of ether oxygens (including phenoxy) is 1. The summed E-state index contributed by atoms with van der Waals surface area (Å²) in [7, 11) is 1.56. The van der Waals surface area contributed by atoms with Crippen molar-refractivity contribution in [2.45, 2.75) is 12.5 Å². The van der Waals surface area contributed by atoms with Crippen LogP contribution in [0.3, 0.4) is 0 Å². The molecule has 2 N–H and O–H groups in total. The summed E-state index contributed by atoms with van der Waals surface area (Å²) in [6, 6.07) is -0.759. The fraction of sp³-hybridized carbons (Fsp3) is 0.857. The Kier molecular flexibility index (Phi) is 2.99. The summed E-state index contributed by atoms with van der Waals surface area (Å²) in [6.07, 6.45) is 0.458. The van der Waals surface area contributed by atoms with Crippen molar-refractivity contribution in [3.8, 4) is 0 Å². The fourth-order valence-electron chi connectivity index (χ4n) is 1.49. The van der Waals surface area contributed by atoms with Crippen LogP contribution >= 0.6 is 0 Å². The van der Waals surface area contributed by atoms with Gasteiger partial charge in [0.25, 0.3) is 0 Å². The lowest BCUT2D eigenvalue weighted by Gasteiger charge is -2.08. The van der Waals surface area contributed by atoms with Crippen molar-refractivity contribution in [2.24, 2.45) is 11.7 Å². The Labute approximate surface area is 70.4 Å². The first-order valence-electron chi connectivity index (χ1n) is 3.85. The number of methoxy groups -OCH3 is 1. The molecule has 5 heteroatoms. The zero-order chi connectivity index (χ0) is 9.14. The summed E-state index contributed by atoms with van der Waals surface area (Å²) < 4.78 is 17.7. The van der Waals surface area contributed by atoms with Gasteiger partial charge >= 0.3 is 0 Å². The number of hydrogen-bond donors (Lipinski definition) is 1. The van der Waals surface area contributed by atoms with Crippen molar-refractivity contribution < 1.29 is 14.0 Å². The Morgan fingerprint density at radius 1 is 1.83 bits per heavy atom. The molecule has 0 radical (unpaired) electrons. The zero-order valence-electron chi connectivity index (χ0n) is 7.00. The summed E-state index contributed by atoms with van der Waals surface area (Å²) in [5.41, 5.74) is 4.99. The van der Waals surface area contributed by atoms with Crippen LogP contribution in [0.15, 0.2) is 0 Å². The van der Waals surface area contributed by atoms with E-state index in [-0.39, 0.29) is 12.5 Å². The second kappa shape index (κ2) is 3.82. The molecule has 2 atom stereocenters. The third-order valence-electron chi connectivity index (χ3n) is 2.06. The van der Waals surface area contributed by atoms with E-state index >= 15 is 0 Å². The van der Waals surface area contributed by atoms with Crippen molar-refractivity contribution in [1.29, 1.82) is 0 Å². The predicted molar refractivity (Wildman–Crippen MR) is 40.8 cm³/mol. The molecule has 70 valence electrons. The zero-order valence-corrected chi connectivity index (χ0v) is 7.00. The van der Waals surface area contributed by atoms with E-state index in [1.165, 1.54) is 0 Å². The van der Waals surface area contributed by atoms with Crippen molar-refractivity contribution >= 4 is 5.91 Å². The van der Waals surface area contributed by atoms with Crippen LogP contribution in [-0.4, -0.2) is 37.3 Å². The number of hydrogen-bond acceptors (Lipinski definition) is 3. The largest absolute Gasteiger partial charge is 0.384 e.